The third kappa shape index (κ3) is 2.71. The van der Waals surface area contributed by atoms with Crippen LogP contribution in [0, 0.1) is 5.82 Å². The van der Waals surface area contributed by atoms with Crippen molar-refractivity contribution in [1.82, 2.24) is 9.88 Å². The Morgan fingerprint density at radius 3 is 2.55 bits per heavy atom. The maximum Gasteiger partial charge on any atom is 0.239 e. The molecule has 22 heavy (non-hydrogen) atoms. The largest absolute Gasteiger partial charge is 0.315 e. The molecule has 1 aliphatic rings. The van der Waals surface area contributed by atoms with Crippen LogP contribution in [0.25, 0.3) is 0 Å². The predicted molar refractivity (Wildman–Crippen MR) is 77.7 cm³/mol. The average molecular weight is 320 g/mol. The quantitative estimate of drug-likeness (QED) is 0.863. The molecule has 1 atom stereocenters. The van der Waals surface area contributed by atoms with E-state index in [0.29, 0.717) is 11.3 Å². The number of nitrogens with zero attached hydrogens (tertiary/aromatic N) is 2. The molecule has 1 unspecified atom stereocenters. The van der Waals surface area contributed by atoms with Gasteiger partial charge in [-0.05, 0) is 29.8 Å². The van der Waals surface area contributed by atoms with Gasteiger partial charge in [0.2, 0.25) is 5.91 Å². The first-order valence-electron chi connectivity index (χ1n) is 6.64. The van der Waals surface area contributed by atoms with E-state index in [0.717, 1.165) is 0 Å². The number of amides is 1. The highest BCUT2D eigenvalue weighted by molar-refractivity contribution is 7.92. The van der Waals surface area contributed by atoms with Crippen molar-refractivity contribution in [1.29, 1.82) is 0 Å². The molecule has 1 amide bonds. The highest BCUT2D eigenvalue weighted by Gasteiger charge is 2.45. The Hall–Kier alpha value is -2.28. The van der Waals surface area contributed by atoms with Gasteiger partial charge in [0.05, 0.1) is 5.69 Å². The van der Waals surface area contributed by atoms with Crippen LogP contribution in [0.2, 0.25) is 0 Å². The predicted octanol–water partition coefficient (Wildman–Crippen LogP) is 1.68. The lowest BCUT2D eigenvalue weighted by molar-refractivity contribution is -0.128. The minimum absolute atomic E-state index is 0.0968. The molecule has 0 spiro atoms. The fourth-order valence-electron chi connectivity index (χ4n) is 2.48. The first-order chi connectivity index (χ1) is 10.5. The van der Waals surface area contributed by atoms with E-state index in [9.17, 15) is 17.6 Å². The third-order valence-electron chi connectivity index (χ3n) is 3.48. The zero-order valence-corrected chi connectivity index (χ0v) is 12.3. The van der Waals surface area contributed by atoms with Crippen molar-refractivity contribution in [3.8, 4) is 0 Å². The van der Waals surface area contributed by atoms with Crippen LogP contribution in [0.3, 0.4) is 0 Å². The highest BCUT2D eigenvalue weighted by atomic mass is 32.2. The Kier molecular flexibility index (Phi) is 3.66. The molecule has 2 heterocycles. The first kappa shape index (κ1) is 14.6. The first-order valence-corrected chi connectivity index (χ1v) is 8.35. The molecule has 0 N–H and O–H groups in total. The summed E-state index contributed by atoms with van der Waals surface area (Å²) in [6.07, 6.45) is 1.49. The van der Waals surface area contributed by atoms with Gasteiger partial charge in [-0.15, -0.1) is 0 Å². The van der Waals surface area contributed by atoms with Crippen LogP contribution in [-0.2, 0) is 21.2 Å². The van der Waals surface area contributed by atoms with Crippen molar-refractivity contribution in [2.75, 3.05) is 5.75 Å². The van der Waals surface area contributed by atoms with E-state index < -0.39 is 26.9 Å². The smallest absolute Gasteiger partial charge is 0.239 e. The number of hydrogen-bond acceptors (Lipinski definition) is 4. The maximum atomic E-state index is 13.0. The Morgan fingerprint density at radius 1 is 1.18 bits per heavy atom. The van der Waals surface area contributed by atoms with Crippen LogP contribution in [0.1, 0.15) is 16.6 Å². The van der Waals surface area contributed by atoms with Crippen molar-refractivity contribution in [3.63, 3.8) is 0 Å². The summed E-state index contributed by atoms with van der Waals surface area (Å²) in [5.41, 5.74) is 0.975. The third-order valence-corrected chi connectivity index (χ3v) is 5.30. The maximum absolute atomic E-state index is 13.0. The Bertz CT molecular complexity index is 791. The molecule has 1 aromatic carbocycles. The molecular formula is C15H13FN2O3S. The van der Waals surface area contributed by atoms with Gasteiger partial charge in [-0.2, -0.15) is 0 Å². The summed E-state index contributed by atoms with van der Waals surface area (Å²) in [4.78, 5) is 17.4. The molecule has 7 heteroatoms. The van der Waals surface area contributed by atoms with Crippen LogP contribution in [0.5, 0.6) is 0 Å². The van der Waals surface area contributed by atoms with Crippen molar-refractivity contribution >= 4 is 15.7 Å². The van der Waals surface area contributed by atoms with Gasteiger partial charge in [0.25, 0.3) is 0 Å². The van der Waals surface area contributed by atoms with Crippen LogP contribution in [-0.4, -0.2) is 30.0 Å². The highest BCUT2D eigenvalue weighted by Crippen LogP contribution is 2.33. The van der Waals surface area contributed by atoms with Gasteiger partial charge in [-0.25, -0.2) is 12.8 Å². The zero-order valence-electron chi connectivity index (χ0n) is 11.5. The number of halogens is 1. The minimum Gasteiger partial charge on any atom is -0.315 e. The molecule has 0 bridgehead atoms. The zero-order chi connectivity index (χ0) is 15.7. The van der Waals surface area contributed by atoms with Gasteiger partial charge >= 0.3 is 0 Å². The van der Waals surface area contributed by atoms with E-state index in [1.54, 1.807) is 18.2 Å². The summed E-state index contributed by atoms with van der Waals surface area (Å²) in [7, 11) is -3.63. The molecule has 1 aliphatic heterocycles. The second kappa shape index (κ2) is 5.49. The molecule has 1 fully saturated rings. The molecule has 114 valence electrons. The van der Waals surface area contributed by atoms with Crippen LogP contribution >= 0.6 is 0 Å². The Balaban J connectivity index is 1.97. The van der Waals surface area contributed by atoms with Crippen molar-refractivity contribution < 1.29 is 17.6 Å². The number of pyridine rings is 1. The average Bonchev–Trinajstić information content (AvgIpc) is 2.71. The Morgan fingerprint density at radius 2 is 1.91 bits per heavy atom. The monoisotopic (exact) mass is 320 g/mol. The SMILES string of the molecule is O=C1CS(=O)(=O)C(c2ccccn2)N1Cc1ccc(F)cc1. The normalized spacial score (nSPS) is 20.3. The summed E-state index contributed by atoms with van der Waals surface area (Å²) in [5.74, 6) is -1.39. The summed E-state index contributed by atoms with van der Waals surface area (Å²) in [6.45, 7) is 0.0968. The molecule has 2 aromatic rings. The van der Waals surface area contributed by atoms with Gasteiger partial charge in [-0.1, -0.05) is 18.2 Å². The van der Waals surface area contributed by atoms with Gasteiger partial charge < -0.3 is 4.90 Å². The standard InChI is InChI=1S/C15H13FN2O3S/c16-12-6-4-11(5-7-12)9-18-14(19)10-22(20,21)15(18)13-3-1-2-8-17-13/h1-8,15H,9-10H2. The number of hydrogen-bond donors (Lipinski definition) is 0. The Labute approximate surface area is 127 Å². The number of aromatic nitrogens is 1. The number of carbonyl (C=O) groups is 1. The van der Waals surface area contributed by atoms with Crippen LogP contribution in [0.15, 0.2) is 48.7 Å². The fraction of sp³-hybridized carbons (Fsp3) is 0.200. The molecule has 5 nitrogen and oxygen atoms in total. The molecule has 3 rings (SSSR count). The second-order valence-electron chi connectivity index (χ2n) is 5.06. The number of benzene rings is 1. The van der Waals surface area contributed by atoms with Gasteiger partial charge in [0.15, 0.2) is 15.2 Å². The van der Waals surface area contributed by atoms with Gasteiger partial charge in [0, 0.05) is 12.7 Å². The van der Waals surface area contributed by atoms with E-state index in [-0.39, 0.29) is 12.4 Å². The summed E-state index contributed by atoms with van der Waals surface area (Å²) in [6, 6.07) is 10.6. The van der Waals surface area contributed by atoms with E-state index in [2.05, 4.69) is 4.98 Å². The molecule has 1 saturated heterocycles. The molecule has 0 aliphatic carbocycles. The van der Waals surface area contributed by atoms with E-state index in [1.165, 1.54) is 35.4 Å². The van der Waals surface area contributed by atoms with E-state index in [1.807, 2.05) is 0 Å². The van der Waals surface area contributed by atoms with Crippen LogP contribution in [0.4, 0.5) is 4.39 Å². The lowest BCUT2D eigenvalue weighted by Crippen LogP contribution is -2.29. The van der Waals surface area contributed by atoms with E-state index >= 15 is 0 Å². The molecule has 0 saturated carbocycles. The molecule has 0 radical (unpaired) electrons. The number of carbonyl (C=O) groups excluding carboxylic acids is 1. The molecule has 1 aromatic heterocycles. The summed E-state index contributed by atoms with van der Waals surface area (Å²) < 4.78 is 37.5. The number of rotatable bonds is 3. The minimum atomic E-state index is -3.63. The lowest BCUT2D eigenvalue weighted by atomic mass is 10.2. The van der Waals surface area contributed by atoms with Crippen molar-refractivity contribution in [2.45, 2.75) is 11.9 Å². The second-order valence-corrected chi connectivity index (χ2v) is 7.12. The molecular weight excluding hydrogens is 307 g/mol. The number of sulfone groups is 1. The van der Waals surface area contributed by atoms with Crippen LogP contribution < -0.4 is 0 Å². The van der Waals surface area contributed by atoms with Crippen molar-refractivity contribution in [3.05, 3.63) is 65.7 Å². The lowest BCUT2D eigenvalue weighted by Gasteiger charge is -2.23. The summed E-state index contributed by atoms with van der Waals surface area (Å²) in [5, 5.41) is -1.09. The van der Waals surface area contributed by atoms with E-state index in [4.69, 9.17) is 0 Å². The topological polar surface area (TPSA) is 67.3 Å². The van der Waals surface area contributed by atoms with Gasteiger partial charge in [-0.3, -0.25) is 9.78 Å². The van der Waals surface area contributed by atoms with Crippen molar-refractivity contribution in [2.24, 2.45) is 0 Å². The summed E-state index contributed by atoms with van der Waals surface area (Å²) >= 11 is 0. The van der Waals surface area contributed by atoms with Gasteiger partial charge in [0.1, 0.15) is 11.6 Å². The fourth-order valence-corrected chi connectivity index (χ4v) is 4.24.